The Bertz CT molecular complexity index is 950. The molecule has 10 heteroatoms. The number of amides is 1. The zero-order valence-corrected chi connectivity index (χ0v) is 16.3. The summed E-state index contributed by atoms with van der Waals surface area (Å²) in [6.07, 6.45) is -1.14. The van der Waals surface area contributed by atoms with Crippen molar-refractivity contribution in [1.29, 1.82) is 0 Å². The highest BCUT2D eigenvalue weighted by molar-refractivity contribution is 7.89. The lowest BCUT2D eigenvalue weighted by Crippen LogP contribution is -2.30. The molecule has 28 heavy (non-hydrogen) atoms. The Labute approximate surface area is 162 Å². The number of carbonyl (C=O) groups is 2. The van der Waals surface area contributed by atoms with E-state index in [9.17, 15) is 18.0 Å². The van der Waals surface area contributed by atoms with Crippen molar-refractivity contribution in [3.63, 3.8) is 0 Å². The first-order valence-corrected chi connectivity index (χ1v) is 9.57. The molecule has 1 atom stereocenters. The van der Waals surface area contributed by atoms with Gasteiger partial charge in [-0.05, 0) is 43.3 Å². The van der Waals surface area contributed by atoms with Crippen molar-refractivity contribution in [2.45, 2.75) is 17.9 Å². The summed E-state index contributed by atoms with van der Waals surface area (Å²) in [7, 11) is -1.04. The Hall–Kier alpha value is -3.11. The van der Waals surface area contributed by atoms with Crippen molar-refractivity contribution >= 4 is 27.6 Å². The Kier molecular flexibility index (Phi) is 6.60. The van der Waals surface area contributed by atoms with Crippen LogP contribution in [0.3, 0.4) is 0 Å². The maximum atomic E-state index is 12.5. The number of benzene rings is 2. The maximum Gasteiger partial charge on any atom is 0.346 e. The molecule has 0 aliphatic heterocycles. The van der Waals surface area contributed by atoms with E-state index in [4.69, 9.17) is 19.3 Å². The molecule has 0 unspecified atom stereocenters. The monoisotopic (exact) mass is 408 g/mol. The third-order valence-electron chi connectivity index (χ3n) is 3.74. The first-order chi connectivity index (χ1) is 13.2. The third-order valence-corrected chi connectivity index (χ3v) is 4.66. The Morgan fingerprint density at radius 2 is 1.54 bits per heavy atom. The molecule has 0 bridgehead atoms. The molecule has 0 saturated carbocycles. The summed E-state index contributed by atoms with van der Waals surface area (Å²) in [5.41, 5.74) is 0.375. The van der Waals surface area contributed by atoms with E-state index in [2.05, 4.69) is 5.32 Å². The SMILES string of the molecule is COc1cccc(OC)c1C(=O)O[C@H](C)C(=O)Nc1ccc(S(N)(=O)=O)cc1. The van der Waals surface area contributed by atoms with E-state index in [1.807, 2.05) is 0 Å². The summed E-state index contributed by atoms with van der Waals surface area (Å²) >= 11 is 0. The fourth-order valence-corrected chi connectivity index (χ4v) is 2.81. The first-order valence-electron chi connectivity index (χ1n) is 8.03. The van der Waals surface area contributed by atoms with Gasteiger partial charge in [-0.1, -0.05) is 6.07 Å². The number of ether oxygens (including phenoxy) is 3. The molecule has 2 aromatic carbocycles. The highest BCUT2D eigenvalue weighted by Crippen LogP contribution is 2.29. The van der Waals surface area contributed by atoms with Crippen LogP contribution in [0.25, 0.3) is 0 Å². The molecular weight excluding hydrogens is 388 g/mol. The number of esters is 1. The summed E-state index contributed by atoms with van der Waals surface area (Å²) in [4.78, 5) is 24.7. The van der Waals surface area contributed by atoms with Crippen LogP contribution in [0, 0.1) is 0 Å². The van der Waals surface area contributed by atoms with Crippen molar-refractivity contribution in [3.8, 4) is 11.5 Å². The number of nitrogens with two attached hydrogens (primary N) is 1. The van der Waals surface area contributed by atoms with Crippen LogP contribution >= 0.6 is 0 Å². The zero-order chi connectivity index (χ0) is 20.9. The Morgan fingerprint density at radius 3 is 2.00 bits per heavy atom. The van der Waals surface area contributed by atoms with Crippen LogP contribution in [-0.2, 0) is 19.6 Å². The number of primary sulfonamides is 1. The Balaban J connectivity index is 2.09. The van der Waals surface area contributed by atoms with Crippen LogP contribution in [-0.4, -0.2) is 40.6 Å². The zero-order valence-electron chi connectivity index (χ0n) is 15.5. The summed E-state index contributed by atoms with van der Waals surface area (Å²) in [5.74, 6) is -0.904. The number of methoxy groups -OCH3 is 2. The van der Waals surface area contributed by atoms with E-state index in [0.717, 1.165) is 0 Å². The van der Waals surface area contributed by atoms with Gasteiger partial charge in [0, 0.05) is 5.69 Å². The van der Waals surface area contributed by atoms with Gasteiger partial charge >= 0.3 is 5.97 Å². The summed E-state index contributed by atoms with van der Waals surface area (Å²) in [6, 6.07) is 10.0. The fraction of sp³-hybridized carbons (Fsp3) is 0.222. The predicted molar refractivity (Wildman–Crippen MR) is 101 cm³/mol. The van der Waals surface area contributed by atoms with E-state index in [1.54, 1.807) is 18.2 Å². The van der Waals surface area contributed by atoms with Crippen LogP contribution in [0.2, 0.25) is 0 Å². The number of rotatable bonds is 7. The maximum absolute atomic E-state index is 12.5. The Morgan fingerprint density at radius 1 is 1.00 bits per heavy atom. The summed E-state index contributed by atoms with van der Waals surface area (Å²) < 4.78 is 38.0. The number of nitrogens with one attached hydrogen (secondary N) is 1. The molecular formula is C18H20N2O7S. The van der Waals surface area contributed by atoms with Gasteiger partial charge in [0.2, 0.25) is 10.0 Å². The molecule has 1 amide bonds. The van der Waals surface area contributed by atoms with E-state index in [-0.39, 0.29) is 22.0 Å². The minimum atomic E-state index is -3.83. The van der Waals surface area contributed by atoms with E-state index >= 15 is 0 Å². The first kappa shape index (κ1) is 21.2. The van der Waals surface area contributed by atoms with Gasteiger partial charge in [0.15, 0.2) is 6.10 Å². The minimum Gasteiger partial charge on any atom is -0.496 e. The normalized spacial score (nSPS) is 12.0. The fourth-order valence-electron chi connectivity index (χ4n) is 2.30. The second kappa shape index (κ2) is 8.72. The molecule has 0 spiro atoms. The van der Waals surface area contributed by atoms with Gasteiger partial charge in [0.25, 0.3) is 5.91 Å². The highest BCUT2D eigenvalue weighted by atomic mass is 32.2. The topological polar surface area (TPSA) is 134 Å². The van der Waals surface area contributed by atoms with Crippen LogP contribution in [0.15, 0.2) is 47.4 Å². The van der Waals surface area contributed by atoms with Gasteiger partial charge in [-0.3, -0.25) is 4.79 Å². The third kappa shape index (κ3) is 4.99. The molecule has 0 fully saturated rings. The van der Waals surface area contributed by atoms with Gasteiger partial charge in [0.05, 0.1) is 19.1 Å². The van der Waals surface area contributed by atoms with Crippen LogP contribution in [0.1, 0.15) is 17.3 Å². The van der Waals surface area contributed by atoms with Gasteiger partial charge in [-0.25, -0.2) is 18.4 Å². The minimum absolute atomic E-state index is 0.0599. The van der Waals surface area contributed by atoms with Crippen LogP contribution in [0.4, 0.5) is 5.69 Å². The lowest BCUT2D eigenvalue weighted by atomic mass is 10.1. The average molecular weight is 408 g/mol. The smallest absolute Gasteiger partial charge is 0.346 e. The van der Waals surface area contributed by atoms with Crippen LogP contribution < -0.4 is 19.9 Å². The van der Waals surface area contributed by atoms with Crippen molar-refractivity contribution in [1.82, 2.24) is 0 Å². The molecule has 0 aliphatic carbocycles. The van der Waals surface area contributed by atoms with Crippen molar-refractivity contribution < 1.29 is 32.2 Å². The number of hydrogen-bond donors (Lipinski definition) is 2. The second-order valence-corrected chi connectivity index (χ2v) is 7.21. The molecule has 2 rings (SSSR count). The molecule has 9 nitrogen and oxygen atoms in total. The van der Waals surface area contributed by atoms with Crippen molar-refractivity contribution in [2.24, 2.45) is 5.14 Å². The lowest BCUT2D eigenvalue weighted by Gasteiger charge is -2.16. The van der Waals surface area contributed by atoms with Gasteiger partial charge < -0.3 is 19.5 Å². The van der Waals surface area contributed by atoms with Gasteiger partial charge in [-0.2, -0.15) is 0 Å². The number of carbonyl (C=O) groups excluding carboxylic acids is 2. The molecule has 0 saturated heterocycles. The average Bonchev–Trinajstić information content (AvgIpc) is 2.66. The largest absolute Gasteiger partial charge is 0.496 e. The molecule has 0 aromatic heterocycles. The summed E-state index contributed by atoms with van der Waals surface area (Å²) in [6.45, 7) is 1.40. The van der Waals surface area contributed by atoms with E-state index in [1.165, 1.54) is 45.4 Å². The summed E-state index contributed by atoms with van der Waals surface area (Å²) in [5, 5.41) is 7.54. The van der Waals surface area contributed by atoms with E-state index < -0.39 is 28.0 Å². The van der Waals surface area contributed by atoms with Gasteiger partial charge in [0.1, 0.15) is 17.1 Å². The molecule has 3 N–H and O–H groups in total. The molecule has 150 valence electrons. The predicted octanol–water partition coefficient (Wildman–Crippen LogP) is 1.54. The number of anilines is 1. The highest BCUT2D eigenvalue weighted by Gasteiger charge is 2.24. The van der Waals surface area contributed by atoms with Gasteiger partial charge in [-0.15, -0.1) is 0 Å². The molecule has 0 radical (unpaired) electrons. The number of hydrogen-bond acceptors (Lipinski definition) is 7. The van der Waals surface area contributed by atoms with Crippen molar-refractivity contribution in [3.05, 3.63) is 48.0 Å². The standard InChI is InChI=1S/C18H20N2O7S/c1-11(17(21)20-12-7-9-13(10-8-12)28(19,23)24)27-18(22)16-14(25-2)5-4-6-15(16)26-3/h4-11H,1-3H3,(H,20,21)(H2,19,23,24)/t11-/m1/s1. The quantitative estimate of drug-likeness (QED) is 0.664. The lowest BCUT2D eigenvalue weighted by molar-refractivity contribution is -0.123. The van der Waals surface area contributed by atoms with Crippen molar-refractivity contribution in [2.75, 3.05) is 19.5 Å². The van der Waals surface area contributed by atoms with E-state index in [0.29, 0.717) is 5.69 Å². The van der Waals surface area contributed by atoms with Crippen LogP contribution in [0.5, 0.6) is 11.5 Å². The second-order valence-electron chi connectivity index (χ2n) is 5.64. The molecule has 2 aromatic rings. The molecule has 0 aliphatic rings. The molecule has 0 heterocycles. The number of sulfonamides is 1.